The first-order chi connectivity index (χ1) is 16.3. The zero-order valence-corrected chi connectivity index (χ0v) is 22.1. The van der Waals surface area contributed by atoms with Gasteiger partial charge in [0.1, 0.15) is 0 Å². The van der Waals surface area contributed by atoms with E-state index in [1.807, 2.05) is 50.1 Å². The largest absolute Gasteiger partial charge is 0.392 e. The molecule has 6 atom stereocenters. The molecule has 1 saturated carbocycles. The first-order valence-corrected chi connectivity index (χ1v) is 13.7. The second kappa shape index (κ2) is 10.3. The average Bonchev–Trinajstić information content (AvgIpc) is 3.22. The maximum Gasteiger partial charge on any atom is 0.225 e. The van der Waals surface area contributed by atoms with Gasteiger partial charge in [0.2, 0.25) is 5.91 Å². The molecule has 4 rings (SSSR count). The number of anilines is 1. The van der Waals surface area contributed by atoms with Crippen LogP contribution in [0.3, 0.4) is 0 Å². The molecule has 2 aromatic rings. The Hall–Kier alpha value is -1.99. The highest BCUT2D eigenvalue weighted by Gasteiger charge is 2.54. The number of nitrogens with zero attached hydrogens (tertiary/aromatic N) is 3. The number of carbonyl (C=O) groups excluding carboxylic acids is 1. The van der Waals surface area contributed by atoms with E-state index in [1.165, 1.54) is 4.88 Å². The summed E-state index contributed by atoms with van der Waals surface area (Å²) in [6.45, 7) is 12.9. The van der Waals surface area contributed by atoms with Gasteiger partial charge < -0.3 is 15.3 Å². The van der Waals surface area contributed by atoms with Crippen molar-refractivity contribution in [2.24, 2.45) is 23.2 Å². The average molecular weight is 485 g/mol. The van der Waals surface area contributed by atoms with Crippen LogP contribution in [0.15, 0.2) is 24.4 Å². The summed E-state index contributed by atoms with van der Waals surface area (Å²) < 4.78 is 0. The summed E-state index contributed by atoms with van der Waals surface area (Å²) in [4.78, 5) is 25.7. The van der Waals surface area contributed by atoms with Crippen LogP contribution in [0.1, 0.15) is 69.6 Å². The molecule has 2 aromatic heterocycles. The van der Waals surface area contributed by atoms with Crippen molar-refractivity contribution < 1.29 is 9.90 Å². The first kappa shape index (κ1) is 25.1. The van der Waals surface area contributed by atoms with E-state index in [0.29, 0.717) is 0 Å². The Morgan fingerprint density at radius 3 is 2.79 bits per heavy atom. The molecule has 2 N–H and O–H groups in total. The summed E-state index contributed by atoms with van der Waals surface area (Å²) in [5.74, 6) is 0.311. The van der Waals surface area contributed by atoms with Crippen LogP contribution in [0, 0.1) is 23.2 Å². The number of pyridine rings is 1. The molecule has 0 aromatic carbocycles. The van der Waals surface area contributed by atoms with E-state index in [9.17, 15) is 9.90 Å². The molecule has 0 spiro atoms. The summed E-state index contributed by atoms with van der Waals surface area (Å²) in [6, 6.07) is 6.00. The van der Waals surface area contributed by atoms with Crippen molar-refractivity contribution in [2.75, 3.05) is 25.0 Å². The number of aromatic nitrogens is 2. The lowest BCUT2D eigenvalue weighted by Crippen LogP contribution is -2.53. The summed E-state index contributed by atoms with van der Waals surface area (Å²) >= 11 is 1.77. The Kier molecular flexibility index (Phi) is 7.63. The molecule has 0 radical (unpaired) electrons. The molecule has 0 aliphatic heterocycles. The molecule has 2 heterocycles. The molecule has 0 saturated heterocycles. The van der Waals surface area contributed by atoms with Crippen molar-refractivity contribution in [1.82, 2.24) is 14.9 Å². The van der Waals surface area contributed by atoms with Gasteiger partial charge in [-0.2, -0.15) is 0 Å². The van der Waals surface area contributed by atoms with Gasteiger partial charge in [-0.25, -0.2) is 4.98 Å². The lowest BCUT2D eigenvalue weighted by molar-refractivity contribution is -0.144. The second-order valence-electron chi connectivity index (χ2n) is 10.5. The number of aliphatic hydroxyl groups excluding tert-OH is 1. The van der Waals surface area contributed by atoms with Crippen molar-refractivity contribution in [3.63, 3.8) is 0 Å². The van der Waals surface area contributed by atoms with E-state index < -0.39 is 6.10 Å². The van der Waals surface area contributed by atoms with Gasteiger partial charge in [-0.05, 0) is 62.5 Å². The zero-order valence-electron chi connectivity index (χ0n) is 21.3. The van der Waals surface area contributed by atoms with E-state index in [4.69, 9.17) is 4.98 Å². The molecular formula is C27H40N4O2S. The molecule has 0 bridgehead atoms. The summed E-state index contributed by atoms with van der Waals surface area (Å²) in [5.41, 5.74) is 2.25. The normalized spacial score (nSPS) is 29.1. The third kappa shape index (κ3) is 4.74. The monoisotopic (exact) mass is 484 g/mol. The van der Waals surface area contributed by atoms with Crippen LogP contribution in [0.25, 0.3) is 0 Å². The minimum atomic E-state index is -0.487. The van der Waals surface area contributed by atoms with Crippen LogP contribution >= 0.6 is 11.3 Å². The standard InChI is InChI=1S/C27H40N4O2S/c1-6-31(7-2)25(33)17(3)20-11-13-27(5)16-21-23(18(4)22(27)24(20)32)30-26(34-21)29-15-12-19-10-8-9-14-28-19/h8-10,14,17-18,20,22,24,32H,6-7,11-13,15-16H2,1-5H3,(H,29,30)/t17-,18-,20+,22+,24-,27-/m0/s1. The minimum Gasteiger partial charge on any atom is -0.392 e. The topological polar surface area (TPSA) is 78.4 Å². The maximum absolute atomic E-state index is 13.1. The summed E-state index contributed by atoms with van der Waals surface area (Å²) in [6.07, 6.45) is 5.10. The quantitative estimate of drug-likeness (QED) is 0.565. The van der Waals surface area contributed by atoms with Gasteiger partial charge in [0.25, 0.3) is 0 Å². The molecule has 2 aliphatic carbocycles. The van der Waals surface area contributed by atoms with Crippen molar-refractivity contribution in [1.29, 1.82) is 0 Å². The van der Waals surface area contributed by atoms with Crippen LogP contribution in [-0.4, -0.2) is 51.6 Å². The maximum atomic E-state index is 13.1. The van der Waals surface area contributed by atoms with Crippen LogP contribution in [0.2, 0.25) is 0 Å². The van der Waals surface area contributed by atoms with Gasteiger partial charge in [-0.3, -0.25) is 9.78 Å². The first-order valence-electron chi connectivity index (χ1n) is 12.9. The highest BCUT2D eigenvalue weighted by molar-refractivity contribution is 7.15. The van der Waals surface area contributed by atoms with Crippen LogP contribution in [-0.2, 0) is 17.6 Å². The predicted octanol–water partition coefficient (Wildman–Crippen LogP) is 4.75. The number of hydrogen-bond donors (Lipinski definition) is 2. The molecule has 0 unspecified atom stereocenters. The Balaban J connectivity index is 1.48. The van der Waals surface area contributed by atoms with Crippen molar-refractivity contribution in [2.45, 2.75) is 72.3 Å². The predicted molar refractivity (Wildman–Crippen MR) is 138 cm³/mol. The van der Waals surface area contributed by atoms with Gasteiger partial charge >= 0.3 is 0 Å². The second-order valence-corrected chi connectivity index (χ2v) is 11.5. The molecule has 2 aliphatic rings. The fourth-order valence-electron chi connectivity index (χ4n) is 6.47. The summed E-state index contributed by atoms with van der Waals surface area (Å²) in [7, 11) is 0. The molecule has 34 heavy (non-hydrogen) atoms. The highest BCUT2D eigenvalue weighted by atomic mass is 32.1. The lowest BCUT2D eigenvalue weighted by atomic mass is 9.53. The summed E-state index contributed by atoms with van der Waals surface area (Å²) in [5, 5.41) is 16.1. The number of thiazole rings is 1. The van der Waals surface area contributed by atoms with Crippen LogP contribution in [0.4, 0.5) is 5.13 Å². The fourth-order valence-corrected chi connectivity index (χ4v) is 7.76. The van der Waals surface area contributed by atoms with Gasteiger partial charge in [0.15, 0.2) is 5.13 Å². The fraction of sp³-hybridized carbons (Fsp3) is 0.667. The Labute approximate surface area is 208 Å². The number of carbonyl (C=O) groups is 1. The van der Waals surface area contributed by atoms with Crippen molar-refractivity contribution in [3.8, 4) is 0 Å². The van der Waals surface area contributed by atoms with Gasteiger partial charge in [0, 0.05) is 54.7 Å². The molecule has 6 nitrogen and oxygen atoms in total. The van der Waals surface area contributed by atoms with E-state index in [2.05, 4.69) is 24.1 Å². The molecule has 186 valence electrons. The van der Waals surface area contributed by atoms with E-state index in [0.717, 1.165) is 61.8 Å². The Morgan fingerprint density at radius 1 is 1.35 bits per heavy atom. The SMILES string of the molecule is CCN(CC)C(=O)[C@@H](C)[C@H]1CC[C@@]2(C)Cc3sc(NCCc4ccccn4)nc3[C@@H](C)[C@@H]2[C@H]1O. The molecular weight excluding hydrogens is 444 g/mol. The van der Waals surface area contributed by atoms with Gasteiger partial charge in [-0.1, -0.05) is 26.8 Å². The zero-order chi connectivity index (χ0) is 24.5. The number of amides is 1. The van der Waals surface area contributed by atoms with Gasteiger partial charge in [-0.15, -0.1) is 11.3 Å². The minimum absolute atomic E-state index is 0.00442. The number of hydrogen-bond acceptors (Lipinski definition) is 6. The number of rotatable bonds is 8. The Bertz CT molecular complexity index is 976. The van der Waals surface area contributed by atoms with E-state index in [-0.39, 0.29) is 35.0 Å². The van der Waals surface area contributed by atoms with Crippen molar-refractivity contribution in [3.05, 3.63) is 40.7 Å². The number of fused-ring (bicyclic) bond motifs is 2. The van der Waals surface area contributed by atoms with Gasteiger partial charge in [0.05, 0.1) is 11.8 Å². The van der Waals surface area contributed by atoms with Crippen LogP contribution < -0.4 is 5.32 Å². The smallest absolute Gasteiger partial charge is 0.225 e. The number of aliphatic hydroxyl groups is 1. The van der Waals surface area contributed by atoms with E-state index in [1.54, 1.807) is 11.3 Å². The third-order valence-electron chi connectivity index (χ3n) is 8.41. The number of nitrogens with one attached hydrogen (secondary N) is 1. The molecule has 7 heteroatoms. The highest BCUT2D eigenvalue weighted by Crippen LogP contribution is 2.57. The van der Waals surface area contributed by atoms with Crippen LogP contribution in [0.5, 0.6) is 0 Å². The van der Waals surface area contributed by atoms with Crippen molar-refractivity contribution >= 4 is 22.4 Å². The lowest BCUT2D eigenvalue weighted by Gasteiger charge is -2.53. The Morgan fingerprint density at radius 2 is 2.12 bits per heavy atom. The third-order valence-corrected chi connectivity index (χ3v) is 9.44. The van der Waals surface area contributed by atoms with E-state index >= 15 is 0 Å². The molecule has 1 fully saturated rings. The molecule has 1 amide bonds.